The molecule has 4 nitrogen and oxygen atoms in total. The van der Waals surface area contributed by atoms with Crippen molar-refractivity contribution in [3.63, 3.8) is 0 Å². The zero-order valence-electron chi connectivity index (χ0n) is 10.9. The molecule has 1 aromatic carbocycles. The first-order valence-corrected chi connectivity index (χ1v) is 6.54. The molecule has 1 aromatic rings. The van der Waals surface area contributed by atoms with Gasteiger partial charge in [-0.3, -0.25) is 9.59 Å². The molecule has 0 radical (unpaired) electrons. The van der Waals surface area contributed by atoms with Crippen LogP contribution in [0.3, 0.4) is 0 Å². The van der Waals surface area contributed by atoms with Crippen molar-refractivity contribution in [1.29, 1.82) is 0 Å². The van der Waals surface area contributed by atoms with E-state index in [1.165, 1.54) is 18.2 Å². The van der Waals surface area contributed by atoms with Crippen molar-refractivity contribution in [3.8, 4) is 0 Å². The van der Waals surface area contributed by atoms with E-state index in [0.717, 1.165) is 6.42 Å². The van der Waals surface area contributed by atoms with Gasteiger partial charge in [0.2, 0.25) is 5.91 Å². The van der Waals surface area contributed by atoms with Crippen molar-refractivity contribution >= 4 is 18.0 Å². The molecule has 106 valence electrons. The molecule has 0 aliphatic heterocycles. The van der Waals surface area contributed by atoms with Crippen molar-refractivity contribution in [2.45, 2.75) is 25.3 Å². The van der Waals surface area contributed by atoms with Gasteiger partial charge < -0.3 is 10.4 Å². The predicted molar refractivity (Wildman–Crippen MR) is 72.3 cm³/mol. The Morgan fingerprint density at radius 1 is 1.30 bits per heavy atom. The summed E-state index contributed by atoms with van der Waals surface area (Å²) in [5.74, 6) is -2.21. The number of benzene rings is 1. The lowest BCUT2D eigenvalue weighted by molar-refractivity contribution is -0.142. The number of rotatable bonds is 4. The smallest absolute Gasteiger partial charge is 0.308 e. The van der Waals surface area contributed by atoms with E-state index in [1.54, 1.807) is 18.2 Å². The van der Waals surface area contributed by atoms with Crippen LogP contribution in [0.25, 0.3) is 6.08 Å². The lowest BCUT2D eigenvalue weighted by Crippen LogP contribution is -2.39. The summed E-state index contributed by atoms with van der Waals surface area (Å²) < 4.78 is 13.4. The second-order valence-corrected chi connectivity index (χ2v) is 4.85. The fourth-order valence-electron chi connectivity index (χ4n) is 2.43. The maximum atomic E-state index is 13.4. The third-order valence-electron chi connectivity index (χ3n) is 3.48. The summed E-state index contributed by atoms with van der Waals surface area (Å²) in [6.07, 6.45) is 4.65. The Morgan fingerprint density at radius 3 is 2.75 bits per heavy atom. The van der Waals surface area contributed by atoms with Gasteiger partial charge in [-0.05, 0) is 25.0 Å². The number of nitrogens with one attached hydrogen (secondary N) is 1. The zero-order valence-corrected chi connectivity index (χ0v) is 10.9. The highest BCUT2D eigenvalue weighted by molar-refractivity contribution is 5.92. The lowest BCUT2D eigenvalue weighted by Gasteiger charge is -2.16. The van der Waals surface area contributed by atoms with Crippen molar-refractivity contribution in [2.75, 3.05) is 0 Å². The average Bonchev–Trinajstić information content (AvgIpc) is 2.86. The van der Waals surface area contributed by atoms with Crippen LogP contribution in [-0.4, -0.2) is 23.0 Å². The van der Waals surface area contributed by atoms with E-state index in [-0.39, 0.29) is 6.04 Å². The van der Waals surface area contributed by atoms with Crippen molar-refractivity contribution in [3.05, 3.63) is 41.7 Å². The van der Waals surface area contributed by atoms with E-state index >= 15 is 0 Å². The monoisotopic (exact) mass is 277 g/mol. The summed E-state index contributed by atoms with van der Waals surface area (Å²) in [7, 11) is 0. The number of carboxylic acid groups (broad SMARTS) is 1. The molecule has 2 unspecified atom stereocenters. The van der Waals surface area contributed by atoms with Crippen LogP contribution >= 0.6 is 0 Å². The predicted octanol–water partition coefficient (Wildman–Crippen LogP) is 2.21. The summed E-state index contributed by atoms with van der Waals surface area (Å²) in [6, 6.07) is 5.79. The van der Waals surface area contributed by atoms with Gasteiger partial charge in [-0.25, -0.2) is 4.39 Å². The van der Waals surface area contributed by atoms with Gasteiger partial charge in [-0.2, -0.15) is 0 Å². The number of aliphatic carboxylic acids is 1. The topological polar surface area (TPSA) is 66.4 Å². The molecule has 0 heterocycles. The van der Waals surface area contributed by atoms with Crippen molar-refractivity contribution in [2.24, 2.45) is 5.92 Å². The van der Waals surface area contributed by atoms with Crippen LogP contribution in [0.15, 0.2) is 30.3 Å². The molecule has 1 fully saturated rings. The molecule has 0 bridgehead atoms. The number of carbonyl (C=O) groups excluding carboxylic acids is 1. The minimum Gasteiger partial charge on any atom is -0.481 e. The molecule has 0 saturated heterocycles. The third kappa shape index (κ3) is 3.44. The Labute approximate surface area is 116 Å². The van der Waals surface area contributed by atoms with Crippen LogP contribution in [0.4, 0.5) is 4.39 Å². The van der Waals surface area contributed by atoms with Gasteiger partial charge in [0.1, 0.15) is 5.82 Å². The molecule has 1 saturated carbocycles. The standard InChI is InChI=1S/C15H16FNO3/c16-12-6-2-1-4-10(12)8-9-14(18)17-13-7-3-5-11(13)15(19)20/h1-2,4,6,8-9,11,13H,3,5,7H2,(H,17,18)(H,19,20). The normalized spacial score (nSPS) is 22.1. The number of carboxylic acids is 1. The van der Waals surface area contributed by atoms with E-state index < -0.39 is 23.6 Å². The summed E-state index contributed by atoms with van der Waals surface area (Å²) in [4.78, 5) is 22.7. The highest BCUT2D eigenvalue weighted by Gasteiger charge is 2.33. The fourth-order valence-corrected chi connectivity index (χ4v) is 2.43. The summed E-state index contributed by atoms with van der Waals surface area (Å²) >= 11 is 0. The second-order valence-electron chi connectivity index (χ2n) is 4.85. The van der Waals surface area contributed by atoms with Crippen LogP contribution in [0, 0.1) is 11.7 Å². The average molecular weight is 277 g/mol. The van der Waals surface area contributed by atoms with Gasteiger partial charge in [0.05, 0.1) is 5.92 Å². The van der Waals surface area contributed by atoms with Gasteiger partial charge in [0.25, 0.3) is 0 Å². The first kappa shape index (κ1) is 14.2. The number of amides is 1. The molecule has 0 spiro atoms. The Hall–Kier alpha value is -2.17. The minimum atomic E-state index is -0.883. The number of hydrogen-bond donors (Lipinski definition) is 2. The van der Waals surface area contributed by atoms with E-state index in [4.69, 9.17) is 5.11 Å². The number of halogens is 1. The van der Waals surface area contributed by atoms with Gasteiger partial charge in [-0.1, -0.05) is 24.6 Å². The Kier molecular flexibility index (Phi) is 4.50. The first-order valence-electron chi connectivity index (χ1n) is 6.54. The van der Waals surface area contributed by atoms with Crippen LogP contribution in [-0.2, 0) is 9.59 Å². The van der Waals surface area contributed by atoms with Gasteiger partial charge in [-0.15, -0.1) is 0 Å². The Bertz CT molecular complexity index is 542. The molecule has 2 rings (SSSR count). The van der Waals surface area contributed by atoms with E-state index in [0.29, 0.717) is 18.4 Å². The quantitative estimate of drug-likeness (QED) is 0.829. The zero-order chi connectivity index (χ0) is 14.5. The summed E-state index contributed by atoms with van der Waals surface area (Å²) in [6.45, 7) is 0. The van der Waals surface area contributed by atoms with Crippen LogP contribution in [0.1, 0.15) is 24.8 Å². The van der Waals surface area contributed by atoms with Crippen molar-refractivity contribution in [1.82, 2.24) is 5.32 Å². The largest absolute Gasteiger partial charge is 0.481 e. The Balaban J connectivity index is 1.96. The minimum absolute atomic E-state index is 0.323. The third-order valence-corrected chi connectivity index (χ3v) is 3.48. The summed E-state index contributed by atoms with van der Waals surface area (Å²) in [5.41, 5.74) is 0.323. The molecule has 2 N–H and O–H groups in total. The molecular weight excluding hydrogens is 261 g/mol. The van der Waals surface area contributed by atoms with E-state index in [2.05, 4.69) is 5.32 Å². The van der Waals surface area contributed by atoms with Crippen LogP contribution in [0.2, 0.25) is 0 Å². The molecule has 0 aromatic heterocycles. The maximum Gasteiger partial charge on any atom is 0.308 e. The lowest BCUT2D eigenvalue weighted by atomic mass is 10.0. The maximum absolute atomic E-state index is 13.4. The first-order chi connectivity index (χ1) is 9.58. The Morgan fingerprint density at radius 2 is 2.05 bits per heavy atom. The van der Waals surface area contributed by atoms with E-state index in [1.807, 2.05) is 0 Å². The molecule has 1 amide bonds. The molecule has 1 aliphatic carbocycles. The van der Waals surface area contributed by atoms with E-state index in [9.17, 15) is 14.0 Å². The molecule has 2 atom stereocenters. The fraction of sp³-hybridized carbons (Fsp3) is 0.333. The SMILES string of the molecule is O=C(C=Cc1ccccc1F)NC1CCCC1C(=O)O. The highest BCUT2D eigenvalue weighted by Crippen LogP contribution is 2.25. The van der Waals surface area contributed by atoms with Crippen LogP contribution < -0.4 is 5.32 Å². The molecular formula is C15H16FNO3. The number of carbonyl (C=O) groups is 2. The number of hydrogen-bond acceptors (Lipinski definition) is 2. The van der Waals surface area contributed by atoms with Crippen LogP contribution in [0.5, 0.6) is 0 Å². The summed E-state index contributed by atoms with van der Waals surface area (Å²) in [5, 5.41) is 11.7. The van der Waals surface area contributed by atoms with Crippen molar-refractivity contribution < 1.29 is 19.1 Å². The molecule has 1 aliphatic rings. The van der Waals surface area contributed by atoms with Gasteiger partial charge in [0.15, 0.2) is 0 Å². The highest BCUT2D eigenvalue weighted by atomic mass is 19.1. The second kappa shape index (κ2) is 6.32. The van der Waals surface area contributed by atoms with Gasteiger partial charge >= 0.3 is 5.97 Å². The molecule has 5 heteroatoms. The van der Waals surface area contributed by atoms with Gasteiger partial charge in [0, 0.05) is 17.7 Å². The molecule has 20 heavy (non-hydrogen) atoms.